The van der Waals surface area contributed by atoms with Crippen LogP contribution in [0.5, 0.6) is 0 Å². The van der Waals surface area contributed by atoms with Crippen LogP contribution >= 0.6 is 0 Å². The second-order valence-electron chi connectivity index (χ2n) is 8.14. The molecular weight excluding hydrogens is 428 g/mol. The van der Waals surface area contributed by atoms with E-state index in [4.69, 9.17) is 0 Å². The minimum atomic E-state index is -3.19. The molecule has 0 saturated heterocycles. The number of hydrogen-bond donors (Lipinski definition) is 2. The number of rotatable bonds is 7. The van der Waals surface area contributed by atoms with Gasteiger partial charge >= 0.3 is 5.92 Å². The Balaban J connectivity index is 2.10. The Hall–Kier alpha value is -3.53. The molecule has 0 aliphatic heterocycles. The molecule has 0 bridgehead atoms. The second-order valence-corrected chi connectivity index (χ2v) is 8.14. The van der Waals surface area contributed by atoms with Crippen molar-refractivity contribution in [3.63, 3.8) is 0 Å². The standard InChI is InChI=1S/C23H27F2N7O/c1-13-9-21(31-22(28-13)23(4,24)25)30-19-11-20(29-15(3)33)27-12-17(19)18-10-16(7-8-26-18)14(2)32(5)6/h7-12,14H,1-6H3,(H2,27,28,29,30,31,33)/t14-/m0/s1. The van der Waals surface area contributed by atoms with Gasteiger partial charge in [0.15, 0.2) is 0 Å². The zero-order valence-corrected chi connectivity index (χ0v) is 19.4. The van der Waals surface area contributed by atoms with Gasteiger partial charge in [-0.05, 0) is 45.6 Å². The van der Waals surface area contributed by atoms with E-state index in [9.17, 15) is 13.6 Å². The SMILES string of the molecule is CC(=O)Nc1cc(Nc2cc(C)nc(C(C)(F)F)n2)c(-c2cc([C@H](C)N(C)C)ccn2)cn1. The van der Waals surface area contributed by atoms with Crippen molar-refractivity contribution in [3.05, 3.63) is 53.7 Å². The van der Waals surface area contributed by atoms with Crippen molar-refractivity contribution < 1.29 is 13.6 Å². The van der Waals surface area contributed by atoms with Crippen molar-refractivity contribution in [2.45, 2.75) is 39.7 Å². The number of nitrogens with one attached hydrogen (secondary N) is 2. The molecule has 0 aliphatic rings. The molecule has 0 aromatic carbocycles. The predicted octanol–water partition coefficient (Wildman–Crippen LogP) is 4.68. The van der Waals surface area contributed by atoms with E-state index in [1.807, 2.05) is 26.2 Å². The highest BCUT2D eigenvalue weighted by Crippen LogP contribution is 2.33. The van der Waals surface area contributed by atoms with E-state index >= 15 is 0 Å². The van der Waals surface area contributed by atoms with Gasteiger partial charge in [0.05, 0.1) is 11.4 Å². The molecule has 33 heavy (non-hydrogen) atoms. The molecule has 3 aromatic heterocycles. The third-order valence-electron chi connectivity index (χ3n) is 5.03. The molecule has 10 heteroatoms. The maximum atomic E-state index is 13.9. The van der Waals surface area contributed by atoms with E-state index in [0.717, 1.165) is 12.5 Å². The van der Waals surface area contributed by atoms with Gasteiger partial charge in [-0.3, -0.25) is 9.78 Å². The monoisotopic (exact) mass is 455 g/mol. The Bertz CT molecular complexity index is 1160. The highest BCUT2D eigenvalue weighted by Gasteiger charge is 2.29. The summed E-state index contributed by atoms with van der Waals surface area (Å²) in [7, 11) is 3.97. The fourth-order valence-electron chi connectivity index (χ4n) is 3.13. The first kappa shape index (κ1) is 24.1. The smallest absolute Gasteiger partial charge is 0.303 e. The summed E-state index contributed by atoms with van der Waals surface area (Å²) in [6.07, 6.45) is 3.28. The summed E-state index contributed by atoms with van der Waals surface area (Å²) in [6, 6.07) is 7.21. The summed E-state index contributed by atoms with van der Waals surface area (Å²) in [5.74, 6) is -3.56. The van der Waals surface area contributed by atoms with Gasteiger partial charge in [-0.15, -0.1) is 0 Å². The zero-order chi connectivity index (χ0) is 24.3. The van der Waals surface area contributed by atoms with Gasteiger partial charge in [-0.25, -0.2) is 15.0 Å². The zero-order valence-electron chi connectivity index (χ0n) is 19.4. The minimum absolute atomic E-state index is 0.147. The van der Waals surface area contributed by atoms with Gasteiger partial charge in [0.1, 0.15) is 11.6 Å². The molecule has 0 radical (unpaired) electrons. The predicted molar refractivity (Wildman–Crippen MR) is 123 cm³/mol. The number of halogens is 2. The maximum Gasteiger partial charge on any atom is 0.303 e. The number of carbonyl (C=O) groups is 1. The number of alkyl halides is 2. The van der Waals surface area contributed by atoms with Crippen LogP contribution in [0.15, 0.2) is 36.7 Å². The maximum absolute atomic E-state index is 13.9. The van der Waals surface area contributed by atoms with Crippen LogP contribution in [0.3, 0.4) is 0 Å². The quantitative estimate of drug-likeness (QED) is 0.534. The Labute approximate surface area is 191 Å². The van der Waals surface area contributed by atoms with Gasteiger partial charge in [0.2, 0.25) is 11.7 Å². The Morgan fingerprint density at radius 3 is 2.48 bits per heavy atom. The largest absolute Gasteiger partial charge is 0.339 e. The Morgan fingerprint density at radius 1 is 1.12 bits per heavy atom. The summed E-state index contributed by atoms with van der Waals surface area (Å²) in [4.78, 5) is 30.2. The van der Waals surface area contributed by atoms with Gasteiger partial charge in [-0.2, -0.15) is 8.78 Å². The van der Waals surface area contributed by atoms with E-state index in [0.29, 0.717) is 28.5 Å². The number of aromatic nitrogens is 4. The van der Waals surface area contributed by atoms with Crippen LogP contribution in [-0.4, -0.2) is 44.8 Å². The fraction of sp³-hybridized carbons (Fsp3) is 0.348. The molecule has 0 aliphatic carbocycles. The first-order valence-corrected chi connectivity index (χ1v) is 10.4. The van der Waals surface area contributed by atoms with Crippen molar-refractivity contribution in [3.8, 4) is 11.3 Å². The van der Waals surface area contributed by atoms with E-state index in [2.05, 4.69) is 42.4 Å². The van der Waals surface area contributed by atoms with Gasteiger partial charge in [0.25, 0.3) is 0 Å². The molecule has 3 heterocycles. The van der Waals surface area contributed by atoms with E-state index < -0.39 is 11.7 Å². The normalized spacial score (nSPS) is 12.5. The lowest BCUT2D eigenvalue weighted by Crippen LogP contribution is -2.16. The minimum Gasteiger partial charge on any atom is -0.339 e. The van der Waals surface area contributed by atoms with Gasteiger partial charge < -0.3 is 15.5 Å². The molecule has 0 unspecified atom stereocenters. The molecule has 0 fully saturated rings. The summed E-state index contributed by atoms with van der Waals surface area (Å²) < 4.78 is 27.7. The van der Waals surface area contributed by atoms with Crippen LogP contribution in [-0.2, 0) is 10.7 Å². The lowest BCUT2D eigenvalue weighted by Gasteiger charge is -2.21. The third kappa shape index (κ3) is 6.04. The summed E-state index contributed by atoms with van der Waals surface area (Å²) in [6.45, 7) is 5.82. The van der Waals surface area contributed by atoms with Gasteiger partial charge in [0, 0.05) is 55.7 Å². The number of nitrogens with zero attached hydrogens (tertiary/aromatic N) is 5. The van der Waals surface area contributed by atoms with Crippen LogP contribution in [0.1, 0.15) is 43.9 Å². The molecule has 8 nitrogen and oxygen atoms in total. The van der Waals surface area contributed by atoms with Crippen molar-refractivity contribution in [2.75, 3.05) is 24.7 Å². The summed E-state index contributed by atoms with van der Waals surface area (Å²) >= 11 is 0. The van der Waals surface area contributed by atoms with Crippen LogP contribution in [0.2, 0.25) is 0 Å². The molecule has 0 saturated carbocycles. The van der Waals surface area contributed by atoms with E-state index in [-0.39, 0.29) is 17.8 Å². The van der Waals surface area contributed by atoms with E-state index in [1.54, 1.807) is 31.5 Å². The number of pyridine rings is 2. The van der Waals surface area contributed by atoms with Gasteiger partial charge in [-0.1, -0.05) is 0 Å². The van der Waals surface area contributed by atoms with Crippen LogP contribution in [0.25, 0.3) is 11.3 Å². The third-order valence-corrected chi connectivity index (χ3v) is 5.03. The van der Waals surface area contributed by atoms with Crippen LogP contribution in [0, 0.1) is 6.92 Å². The summed E-state index contributed by atoms with van der Waals surface area (Å²) in [5, 5.41) is 5.71. The first-order valence-electron chi connectivity index (χ1n) is 10.4. The molecule has 3 aromatic rings. The van der Waals surface area contributed by atoms with Crippen molar-refractivity contribution in [1.82, 2.24) is 24.8 Å². The second kappa shape index (κ2) is 9.53. The number of hydrogen-bond acceptors (Lipinski definition) is 7. The number of anilines is 3. The highest BCUT2D eigenvalue weighted by molar-refractivity contribution is 5.89. The molecule has 0 spiro atoms. The van der Waals surface area contributed by atoms with Crippen LogP contribution < -0.4 is 10.6 Å². The molecule has 174 valence electrons. The van der Waals surface area contributed by atoms with Crippen molar-refractivity contribution in [1.29, 1.82) is 0 Å². The highest BCUT2D eigenvalue weighted by atomic mass is 19.3. The number of amides is 1. The van der Waals surface area contributed by atoms with Crippen molar-refractivity contribution >= 4 is 23.2 Å². The first-order chi connectivity index (χ1) is 15.4. The molecular formula is C23H27F2N7O. The molecule has 1 atom stereocenters. The number of carbonyl (C=O) groups excluding carboxylic acids is 1. The Kier molecular flexibility index (Phi) is 6.97. The molecule has 1 amide bonds. The average Bonchev–Trinajstić information content (AvgIpc) is 2.72. The Morgan fingerprint density at radius 2 is 1.85 bits per heavy atom. The van der Waals surface area contributed by atoms with Crippen molar-refractivity contribution in [2.24, 2.45) is 0 Å². The lowest BCUT2D eigenvalue weighted by atomic mass is 10.0. The summed E-state index contributed by atoms with van der Waals surface area (Å²) in [5.41, 5.74) is 3.20. The fourth-order valence-corrected chi connectivity index (χ4v) is 3.13. The van der Waals surface area contributed by atoms with Crippen LogP contribution in [0.4, 0.5) is 26.1 Å². The topological polar surface area (TPSA) is 95.9 Å². The molecule has 2 N–H and O–H groups in total. The average molecular weight is 456 g/mol. The van der Waals surface area contributed by atoms with E-state index in [1.165, 1.54) is 6.92 Å². The lowest BCUT2D eigenvalue weighted by molar-refractivity contribution is -0.114. The number of aryl methyl sites for hydroxylation is 1. The molecule has 3 rings (SSSR count).